The number of carbonyl (C=O) groups is 2. The molecule has 134 valence electrons. The van der Waals surface area contributed by atoms with Crippen LogP contribution < -0.4 is 10.6 Å². The summed E-state index contributed by atoms with van der Waals surface area (Å²) in [6.45, 7) is 0.818. The van der Waals surface area contributed by atoms with E-state index < -0.39 is 0 Å². The highest BCUT2D eigenvalue weighted by Crippen LogP contribution is 2.25. The fourth-order valence-corrected chi connectivity index (χ4v) is 3.87. The molecule has 0 aliphatic carbocycles. The van der Waals surface area contributed by atoms with Crippen molar-refractivity contribution < 1.29 is 9.59 Å². The number of thiophene rings is 1. The Hall–Kier alpha value is -2.51. The monoisotopic (exact) mass is 385 g/mol. The molecule has 0 atom stereocenters. The summed E-state index contributed by atoms with van der Waals surface area (Å²) in [5.41, 5.74) is 2.89. The first kappa shape index (κ1) is 18.3. The standard InChI is InChI=1S/C19H19N3O2S2/c23-17(21-11-14-4-2-1-3-5-14)6-8-20-18(24)10-16-13-26-19(22-16)15-7-9-25-12-15/h1-5,7,9,12-13H,6,8,10-11H2,(H,20,24)(H,21,23). The molecular formula is C19H19N3O2S2. The molecule has 0 fully saturated rings. The minimum atomic E-state index is -0.122. The Bertz CT molecular complexity index is 845. The van der Waals surface area contributed by atoms with Gasteiger partial charge >= 0.3 is 0 Å². The number of amides is 2. The molecule has 0 unspecified atom stereocenters. The number of nitrogens with zero attached hydrogens (tertiary/aromatic N) is 1. The molecule has 0 saturated heterocycles. The lowest BCUT2D eigenvalue weighted by Crippen LogP contribution is -2.31. The van der Waals surface area contributed by atoms with Gasteiger partial charge in [0.05, 0.1) is 12.1 Å². The second-order valence-electron chi connectivity index (χ2n) is 5.70. The van der Waals surface area contributed by atoms with Crippen molar-refractivity contribution in [2.45, 2.75) is 19.4 Å². The van der Waals surface area contributed by atoms with Gasteiger partial charge in [-0.1, -0.05) is 30.3 Å². The van der Waals surface area contributed by atoms with Crippen molar-refractivity contribution in [3.63, 3.8) is 0 Å². The van der Waals surface area contributed by atoms with Crippen LogP contribution in [-0.2, 0) is 22.6 Å². The molecule has 0 spiro atoms. The van der Waals surface area contributed by atoms with Crippen LogP contribution in [0.4, 0.5) is 0 Å². The number of benzene rings is 1. The van der Waals surface area contributed by atoms with Crippen LogP contribution in [0.2, 0.25) is 0 Å². The van der Waals surface area contributed by atoms with E-state index in [0.29, 0.717) is 13.1 Å². The fraction of sp³-hybridized carbons (Fsp3) is 0.211. The highest BCUT2D eigenvalue weighted by molar-refractivity contribution is 7.14. The van der Waals surface area contributed by atoms with Crippen molar-refractivity contribution in [2.75, 3.05) is 6.54 Å². The van der Waals surface area contributed by atoms with Crippen LogP contribution in [0.3, 0.4) is 0 Å². The van der Waals surface area contributed by atoms with Crippen molar-refractivity contribution in [3.05, 3.63) is 63.8 Å². The van der Waals surface area contributed by atoms with E-state index in [9.17, 15) is 9.59 Å². The predicted octanol–water partition coefficient (Wildman–Crippen LogP) is 3.24. The van der Waals surface area contributed by atoms with E-state index in [1.165, 1.54) is 11.3 Å². The lowest BCUT2D eigenvalue weighted by atomic mass is 10.2. The molecule has 0 bridgehead atoms. The van der Waals surface area contributed by atoms with Gasteiger partial charge in [0, 0.05) is 35.8 Å². The van der Waals surface area contributed by atoms with Crippen LogP contribution in [0.25, 0.3) is 10.6 Å². The number of rotatable bonds is 8. The number of aromatic nitrogens is 1. The first-order valence-electron chi connectivity index (χ1n) is 8.25. The molecule has 5 nitrogen and oxygen atoms in total. The maximum Gasteiger partial charge on any atom is 0.226 e. The third-order valence-electron chi connectivity index (χ3n) is 3.67. The summed E-state index contributed by atoms with van der Waals surface area (Å²) in [6, 6.07) is 11.7. The van der Waals surface area contributed by atoms with E-state index in [2.05, 4.69) is 15.6 Å². The van der Waals surface area contributed by atoms with Gasteiger partial charge < -0.3 is 10.6 Å². The summed E-state index contributed by atoms with van der Waals surface area (Å²) in [5, 5.41) is 12.5. The van der Waals surface area contributed by atoms with Crippen molar-refractivity contribution in [1.82, 2.24) is 15.6 Å². The van der Waals surface area contributed by atoms with E-state index >= 15 is 0 Å². The van der Waals surface area contributed by atoms with Gasteiger partial charge in [0.1, 0.15) is 5.01 Å². The molecule has 26 heavy (non-hydrogen) atoms. The normalized spacial score (nSPS) is 10.5. The van der Waals surface area contributed by atoms with Crippen LogP contribution in [0.15, 0.2) is 52.5 Å². The van der Waals surface area contributed by atoms with Gasteiger partial charge in [0.15, 0.2) is 0 Å². The number of thiazole rings is 1. The number of carbonyl (C=O) groups excluding carboxylic acids is 2. The zero-order valence-electron chi connectivity index (χ0n) is 14.1. The molecule has 2 aromatic heterocycles. The Morgan fingerprint density at radius 3 is 2.62 bits per heavy atom. The molecule has 7 heteroatoms. The number of hydrogen-bond acceptors (Lipinski definition) is 5. The molecule has 0 radical (unpaired) electrons. The summed E-state index contributed by atoms with van der Waals surface area (Å²) in [4.78, 5) is 28.3. The zero-order valence-corrected chi connectivity index (χ0v) is 15.7. The molecule has 3 aromatic rings. The molecular weight excluding hydrogens is 366 g/mol. The van der Waals surface area contributed by atoms with Crippen LogP contribution in [-0.4, -0.2) is 23.3 Å². The van der Waals surface area contributed by atoms with Gasteiger partial charge in [-0.3, -0.25) is 9.59 Å². The Labute approximate surface area is 160 Å². The number of hydrogen-bond donors (Lipinski definition) is 2. The van der Waals surface area contributed by atoms with Crippen molar-refractivity contribution in [2.24, 2.45) is 0 Å². The summed E-state index contributed by atoms with van der Waals surface area (Å²) < 4.78 is 0. The van der Waals surface area contributed by atoms with E-state index in [1.54, 1.807) is 11.3 Å². The van der Waals surface area contributed by atoms with Gasteiger partial charge in [0.2, 0.25) is 11.8 Å². The second-order valence-corrected chi connectivity index (χ2v) is 7.33. The summed E-state index contributed by atoms with van der Waals surface area (Å²) in [6.07, 6.45) is 0.488. The van der Waals surface area contributed by atoms with Crippen LogP contribution in [0, 0.1) is 0 Å². The molecule has 0 aliphatic heterocycles. The van der Waals surface area contributed by atoms with Crippen LogP contribution >= 0.6 is 22.7 Å². The summed E-state index contributed by atoms with van der Waals surface area (Å²) in [5.74, 6) is -0.203. The molecule has 2 amide bonds. The lowest BCUT2D eigenvalue weighted by Gasteiger charge is -2.06. The van der Waals surface area contributed by atoms with Gasteiger partial charge in [-0.25, -0.2) is 4.98 Å². The average molecular weight is 386 g/mol. The maximum atomic E-state index is 12.0. The number of nitrogens with one attached hydrogen (secondary N) is 2. The minimum Gasteiger partial charge on any atom is -0.355 e. The summed E-state index contributed by atoms with van der Waals surface area (Å²) >= 11 is 3.16. The Morgan fingerprint density at radius 2 is 1.85 bits per heavy atom. The first-order chi connectivity index (χ1) is 12.7. The average Bonchev–Trinajstić information content (AvgIpc) is 3.32. The highest BCUT2D eigenvalue weighted by atomic mass is 32.1. The SMILES string of the molecule is O=C(CCNC(=O)Cc1csc(-c2ccsc2)n1)NCc1ccccc1. The Kier molecular flexibility index (Phi) is 6.51. The largest absolute Gasteiger partial charge is 0.355 e. The second kappa shape index (κ2) is 9.26. The highest BCUT2D eigenvalue weighted by Gasteiger charge is 2.10. The Morgan fingerprint density at radius 1 is 1.00 bits per heavy atom. The topological polar surface area (TPSA) is 71.1 Å². The van der Waals surface area contributed by atoms with Crippen LogP contribution in [0.1, 0.15) is 17.7 Å². The van der Waals surface area contributed by atoms with Crippen LogP contribution in [0.5, 0.6) is 0 Å². The summed E-state index contributed by atoms with van der Waals surface area (Å²) in [7, 11) is 0. The molecule has 3 rings (SSSR count). The Balaban J connectivity index is 1.36. The molecule has 0 aliphatic rings. The van der Waals surface area contributed by atoms with Gasteiger partial charge in [-0.2, -0.15) is 11.3 Å². The molecule has 2 heterocycles. The quantitative estimate of drug-likeness (QED) is 0.625. The van der Waals surface area contributed by atoms with Crippen molar-refractivity contribution >= 4 is 34.5 Å². The van der Waals surface area contributed by atoms with Gasteiger partial charge in [-0.15, -0.1) is 11.3 Å². The third-order valence-corrected chi connectivity index (χ3v) is 5.29. The molecule has 0 saturated carbocycles. The van der Waals surface area contributed by atoms with Gasteiger partial charge in [0.25, 0.3) is 0 Å². The minimum absolute atomic E-state index is 0.0810. The predicted molar refractivity (Wildman–Crippen MR) is 105 cm³/mol. The van der Waals surface area contributed by atoms with E-state index in [4.69, 9.17) is 0 Å². The zero-order chi connectivity index (χ0) is 18.2. The lowest BCUT2D eigenvalue weighted by molar-refractivity contribution is -0.122. The maximum absolute atomic E-state index is 12.0. The van der Waals surface area contributed by atoms with E-state index in [0.717, 1.165) is 21.8 Å². The fourth-order valence-electron chi connectivity index (χ4n) is 2.33. The smallest absolute Gasteiger partial charge is 0.226 e. The third kappa shape index (κ3) is 5.50. The van der Waals surface area contributed by atoms with Crippen molar-refractivity contribution in [1.29, 1.82) is 0 Å². The first-order valence-corrected chi connectivity index (χ1v) is 10.1. The van der Waals surface area contributed by atoms with E-state index in [1.807, 2.05) is 52.5 Å². The van der Waals surface area contributed by atoms with Crippen molar-refractivity contribution in [3.8, 4) is 10.6 Å². The van der Waals surface area contributed by atoms with Gasteiger partial charge in [-0.05, 0) is 17.0 Å². The molecule has 2 N–H and O–H groups in total. The van der Waals surface area contributed by atoms with E-state index in [-0.39, 0.29) is 24.7 Å². The molecule has 1 aromatic carbocycles.